The molecule has 47 heavy (non-hydrogen) atoms. The normalized spacial score (nSPS) is 12.8. The van der Waals surface area contributed by atoms with E-state index in [-0.39, 0.29) is 42.6 Å². The number of methoxy groups -OCH3 is 1. The first kappa shape index (κ1) is 37.4. The van der Waals surface area contributed by atoms with Gasteiger partial charge in [-0.3, -0.25) is 9.59 Å². The Morgan fingerprint density at radius 2 is 1.77 bits per heavy atom. The predicted octanol–water partition coefficient (Wildman–Crippen LogP) is 2.88. The van der Waals surface area contributed by atoms with E-state index in [4.69, 9.17) is 35.6 Å². The number of guanidine groups is 1. The van der Waals surface area contributed by atoms with Crippen molar-refractivity contribution in [1.82, 2.24) is 10.6 Å². The zero-order chi connectivity index (χ0) is 35.1. The molecule has 0 saturated heterocycles. The SMILES string of the molecule is COC(=O)C(=Cc1ccc(C#N)cc1OCCNC(=O)c1ccc(N=C(N)N)cc1OC1CCCC1)NC(C)=O.O=C(O)C(F)(F)F. The Labute approximate surface area is 267 Å². The van der Waals surface area contributed by atoms with E-state index in [1.54, 1.807) is 30.3 Å². The number of nitriles is 1. The van der Waals surface area contributed by atoms with Gasteiger partial charge in [0.25, 0.3) is 5.91 Å². The van der Waals surface area contributed by atoms with Crippen LogP contribution in [0.4, 0.5) is 18.9 Å². The number of hydrogen-bond donors (Lipinski definition) is 5. The van der Waals surface area contributed by atoms with Gasteiger partial charge in [-0.15, -0.1) is 0 Å². The number of halogens is 3. The monoisotopic (exact) mass is 662 g/mol. The van der Waals surface area contributed by atoms with Crippen LogP contribution in [0.25, 0.3) is 6.08 Å². The number of carboxylic acid groups (broad SMARTS) is 1. The maximum Gasteiger partial charge on any atom is 0.490 e. The molecule has 14 nitrogen and oxygen atoms in total. The molecule has 2 aromatic carbocycles. The van der Waals surface area contributed by atoms with Gasteiger partial charge in [0.1, 0.15) is 23.8 Å². The van der Waals surface area contributed by atoms with E-state index in [0.717, 1.165) is 25.7 Å². The Balaban J connectivity index is 0.000000984. The summed E-state index contributed by atoms with van der Waals surface area (Å²) in [6, 6.07) is 11.5. The standard InChI is InChI=1S/C28H32N6O6.C2HF3O2/c1-17(35)33-23(27(37)38-2)14-19-8-7-18(16-29)13-24(19)39-12-11-32-26(36)22-10-9-20(34-28(30)31)15-25(22)40-21-5-3-4-6-21;3-2(4,5)1(6)7/h7-10,13-15,21H,3-6,11-12H2,1-2H3,(H,32,36)(H,33,35)(H4,30,31,34);(H,6,7). The van der Waals surface area contributed by atoms with Crippen LogP contribution in [-0.4, -0.2) is 67.4 Å². The molecule has 0 atom stereocenters. The minimum absolute atomic E-state index is 0.00981. The van der Waals surface area contributed by atoms with Crippen molar-refractivity contribution >= 4 is 41.5 Å². The summed E-state index contributed by atoms with van der Waals surface area (Å²) in [6.45, 7) is 1.42. The highest BCUT2D eigenvalue weighted by atomic mass is 19.4. The van der Waals surface area contributed by atoms with Crippen LogP contribution in [-0.2, 0) is 19.1 Å². The number of nitrogens with two attached hydrogens (primary N) is 2. The van der Waals surface area contributed by atoms with Gasteiger partial charge in [-0.25, -0.2) is 14.6 Å². The number of amides is 2. The summed E-state index contributed by atoms with van der Waals surface area (Å²) in [6.07, 6.45) is 0.239. The molecular formula is C30H33F3N6O8. The van der Waals surface area contributed by atoms with Gasteiger partial charge < -0.3 is 41.4 Å². The minimum atomic E-state index is -5.08. The van der Waals surface area contributed by atoms with Crippen LogP contribution in [0.2, 0.25) is 0 Å². The van der Waals surface area contributed by atoms with Gasteiger partial charge in [0.2, 0.25) is 5.91 Å². The summed E-state index contributed by atoms with van der Waals surface area (Å²) in [4.78, 5) is 49.6. The Morgan fingerprint density at radius 3 is 2.32 bits per heavy atom. The third kappa shape index (κ3) is 12.6. The average Bonchev–Trinajstić information content (AvgIpc) is 3.51. The number of carboxylic acids is 1. The number of hydrogen-bond acceptors (Lipinski definition) is 9. The number of rotatable bonds is 11. The van der Waals surface area contributed by atoms with Crippen LogP contribution >= 0.6 is 0 Å². The number of nitrogens with zero attached hydrogens (tertiary/aromatic N) is 2. The Kier molecular flexibility index (Phi) is 14.0. The molecule has 3 rings (SSSR count). The second-order valence-corrected chi connectivity index (χ2v) is 9.74. The van der Waals surface area contributed by atoms with Crippen molar-refractivity contribution < 1.29 is 51.7 Å². The topological polar surface area (TPSA) is 228 Å². The van der Waals surface area contributed by atoms with Crippen LogP contribution < -0.4 is 31.6 Å². The number of carbonyl (C=O) groups excluding carboxylic acids is 3. The molecule has 2 amide bonds. The van der Waals surface area contributed by atoms with Gasteiger partial charge in [0.15, 0.2) is 5.96 Å². The van der Waals surface area contributed by atoms with Crippen molar-refractivity contribution in [3.8, 4) is 17.6 Å². The van der Waals surface area contributed by atoms with Gasteiger partial charge in [0.05, 0.1) is 42.6 Å². The Bertz CT molecular complexity index is 1560. The number of esters is 1. The average molecular weight is 663 g/mol. The van der Waals surface area contributed by atoms with E-state index in [1.807, 2.05) is 6.07 Å². The lowest BCUT2D eigenvalue weighted by Gasteiger charge is -2.17. The molecule has 0 heterocycles. The zero-order valence-electron chi connectivity index (χ0n) is 25.3. The van der Waals surface area contributed by atoms with Gasteiger partial charge in [-0.1, -0.05) is 0 Å². The summed E-state index contributed by atoms with van der Waals surface area (Å²) in [7, 11) is 1.19. The summed E-state index contributed by atoms with van der Waals surface area (Å²) in [5, 5.41) is 21.6. The first-order chi connectivity index (χ1) is 22.1. The molecule has 2 aromatic rings. The smallest absolute Gasteiger partial charge is 0.490 e. The summed E-state index contributed by atoms with van der Waals surface area (Å²) in [5.41, 5.74) is 12.4. The molecule has 0 radical (unpaired) electrons. The van der Waals surface area contributed by atoms with E-state index < -0.39 is 24.0 Å². The molecule has 0 unspecified atom stereocenters. The van der Waals surface area contributed by atoms with Crippen molar-refractivity contribution in [1.29, 1.82) is 5.26 Å². The first-order valence-electron chi connectivity index (χ1n) is 13.9. The molecule has 17 heteroatoms. The molecule has 0 bridgehead atoms. The first-order valence-corrected chi connectivity index (χ1v) is 13.9. The van der Waals surface area contributed by atoms with Crippen molar-refractivity contribution in [3.63, 3.8) is 0 Å². The second-order valence-electron chi connectivity index (χ2n) is 9.74. The minimum Gasteiger partial charge on any atom is -0.491 e. The molecule has 1 saturated carbocycles. The Hall–Kier alpha value is -5.79. The molecule has 252 valence electrons. The fourth-order valence-corrected chi connectivity index (χ4v) is 4.07. The maximum atomic E-state index is 13.0. The quantitative estimate of drug-likeness (QED) is 0.0772. The van der Waals surface area contributed by atoms with E-state index >= 15 is 0 Å². The zero-order valence-corrected chi connectivity index (χ0v) is 25.3. The van der Waals surface area contributed by atoms with Crippen LogP contribution in [0.15, 0.2) is 47.1 Å². The predicted molar refractivity (Wildman–Crippen MR) is 161 cm³/mol. The fourth-order valence-electron chi connectivity index (χ4n) is 4.07. The lowest BCUT2D eigenvalue weighted by molar-refractivity contribution is -0.192. The number of alkyl halides is 3. The van der Waals surface area contributed by atoms with Crippen molar-refractivity contribution in [2.24, 2.45) is 16.5 Å². The molecule has 1 aliphatic rings. The molecule has 0 aromatic heterocycles. The largest absolute Gasteiger partial charge is 0.491 e. The number of aliphatic carboxylic acids is 1. The lowest BCUT2D eigenvalue weighted by Crippen LogP contribution is -2.29. The number of nitrogens with one attached hydrogen (secondary N) is 2. The van der Waals surface area contributed by atoms with Gasteiger partial charge in [0, 0.05) is 18.6 Å². The maximum absolute atomic E-state index is 13.0. The number of benzene rings is 2. The summed E-state index contributed by atoms with van der Waals surface area (Å²) < 4.78 is 48.4. The molecule has 0 spiro atoms. The molecule has 1 aliphatic carbocycles. The van der Waals surface area contributed by atoms with E-state index in [0.29, 0.717) is 28.1 Å². The summed E-state index contributed by atoms with van der Waals surface area (Å²) in [5.74, 6) is -3.80. The third-order valence-electron chi connectivity index (χ3n) is 6.11. The van der Waals surface area contributed by atoms with Crippen molar-refractivity contribution in [2.75, 3.05) is 20.3 Å². The van der Waals surface area contributed by atoms with Crippen LogP contribution in [0.1, 0.15) is 54.1 Å². The number of carbonyl (C=O) groups is 4. The lowest BCUT2D eigenvalue weighted by atomic mass is 10.1. The van der Waals surface area contributed by atoms with E-state index in [1.165, 1.54) is 26.2 Å². The van der Waals surface area contributed by atoms with Gasteiger partial charge in [-0.2, -0.15) is 18.4 Å². The van der Waals surface area contributed by atoms with Crippen molar-refractivity contribution in [3.05, 3.63) is 58.8 Å². The molecule has 0 aliphatic heterocycles. The highest BCUT2D eigenvalue weighted by Gasteiger charge is 2.38. The van der Waals surface area contributed by atoms with Crippen molar-refractivity contribution in [2.45, 2.75) is 44.9 Å². The van der Waals surface area contributed by atoms with Gasteiger partial charge in [-0.05, 0) is 62.1 Å². The summed E-state index contributed by atoms with van der Waals surface area (Å²) >= 11 is 0. The van der Waals surface area contributed by atoms with E-state index in [9.17, 15) is 32.8 Å². The van der Waals surface area contributed by atoms with Crippen LogP contribution in [0, 0.1) is 11.3 Å². The number of aliphatic imine (C=N–C) groups is 1. The second kappa shape index (κ2) is 17.6. The van der Waals surface area contributed by atoms with E-state index in [2.05, 4.69) is 15.6 Å². The fraction of sp³-hybridized carbons (Fsp3) is 0.333. The molecule has 1 fully saturated rings. The highest BCUT2D eigenvalue weighted by Crippen LogP contribution is 2.30. The highest BCUT2D eigenvalue weighted by molar-refractivity contribution is 5.98. The number of ether oxygens (including phenoxy) is 3. The van der Waals surface area contributed by atoms with Crippen LogP contribution in [0.5, 0.6) is 11.5 Å². The van der Waals surface area contributed by atoms with Crippen LogP contribution in [0.3, 0.4) is 0 Å². The third-order valence-corrected chi connectivity index (χ3v) is 6.11. The van der Waals surface area contributed by atoms with Gasteiger partial charge >= 0.3 is 18.1 Å². The molecule has 7 N–H and O–H groups in total. The molecular weight excluding hydrogens is 629 g/mol. The Morgan fingerprint density at radius 1 is 1.11 bits per heavy atom.